The summed E-state index contributed by atoms with van der Waals surface area (Å²) in [5.41, 5.74) is -0.116. The molecule has 2 N–H and O–H groups in total. The fourth-order valence-electron chi connectivity index (χ4n) is 0.710. The predicted molar refractivity (Wildman–Crippen MR) is 43.2 cm³/mol. The first-order valence-corrected chi connectivity index (χ1v) is 3.33. The number of phenols is 1. The molecule has 0 saturated heterocycles. The Bertz CT molecular complexity index is 305. The Morgan fingerprint density at radius 1 is 1.50 bits per heavy atom. The molecule has 5 nitrogen and oxygen atoms in total. The van der Waals surface area contributed by atoms with Gasteiger partial charge < -0.3 is 5.11 Å². The zero-order valence-electron chi connectivity index (χ0n) is 5.81. The van der Waals surface area contributed by atoms with Gasteiger partial charge in [0.15, 0.2) is 0 Å². The first-order valence-electron chi connectivity index (χ1n) is 2.96. The SMILES string of the molecule is O=NN(O)c1ccc(Cl)cc1O. The summed E-state index contributed by atoms with van der Waals surface area (Å²) >= 11 is 5.50. The zero-order chi connectivity index (χ0) is 9.14. The van der Waals surface area contributed by atoms with E-state index in [4.69, 9.17) is 21.9 Å². The number of hydrogen-bond donors (Lipinski definition) is 2. The summed E-state index contributed by atoms with van der Waals surface area (Å²) in [6.07, 6.45) is 0. The van der Waals surface area contributed by atoms with Crippen molar-refractivity contribution < 1.29 is 10.3 Å². The standard InChI is InChI=1S/C6H5ClN2O3/c7-4-1-2-5(6(10)3-4)9(12)8-11/h1-3,10,12H. The van der Waals surface area contributed by atoms with E-state index in [2.05, 4.69) is 5.29 Å². The topological polar surface area (TPSA) is 73.1 Å². The van der Waals surface area contributed by atoms with Gasteiger partial charge in [0.25, 0.3) is 0 Å². The van der Waals surface area contributed by atoms with Gasteiger partial charge in [-0.15, -0.1) is 10.1 Å². The Hall–Kier alpha value is -1.33. The minimum atomic E-state index is -0.315. The van der Waals surface area contributed by atoms with Crippen molar-refractivity contribution in [3.63, 3.8) is 0 Å². The first-order chi connectivity index (χ1) is 5.65. The van der Waals surface area contributed by atoms with Gasteiger partial charge in [-0.3, -0.25) is 5.21 Å². The van der Waals surface area contributed by atoms with E-state index < -0.39 is 0 Å². The third kappa shape index (κ3) is 1.63. The number of phenolic OH excluding ortho intramolecular Hbond substituents is 1. The van der Waals surface area contributed by atoms with Gasteiger partial charge in [-0.1, -0.05) is 11.6 Å². The highest BCUT2D eigenvalue weighted by Crippen LogP contribution is 2.28. The maximum atomic E-state index is 9.82. The Kier molecular flexibility index (Phi) is 2.47. The molecule has 0 amide bonds. The highest BCUT2D eigenvalue weighted by molar-refractivity contribution is 6.30. The van der Waals surface area contributed by atoms with Gasteiger partial charge in [-0.2, -0.15) is 0 Å². The lowest BCUT2D eigenvalue weighted by Crippen LogP contribution is -2.07. The van der Waals surface area contributed by atoms with Crippen LogP contribution in [0.25, 0.3) is 0 Å². The minimum absolute atomic E-state index is 0.0195. The molecule has 1 aromatic carbocycles. The van der Waals surface area contributed by atoms with Crippen molar-refractivity contribution in [3.05, 3.63) is 28.1 Å². The van der Waals surface area contributed by atoms with Gasteiger partial charge in [-0.25, -0.2) is 0 Å². The maximum absolute atomic E-state index is 9.82. The van der Waals surface area contributed by atoms with Crippen molar-refractivity contribution in [1.29, 1.82) is 0 Å². The van der Waals surface area contributed by atoms with Crippen molar-refractivity contribution in [3.8, 4) is 5.75 Å². The van der Waals surface area contributed by atoms with Crippen LogP contribution in [0, 0.1) is 4.91 Å². The van der Waals surface area contributed by atoms with E-state index >= 15 is 0 Å². The van der Waals surface area contributed by atoms with Gasteiger partial charge in [0, 0.05) is 11.1 Å². The molecule has 0 bridgehead atoms. The molecule has 12 heavy (non-hydrogen) atoms. The van der Waals surface area contributed by atoms with E-state index in [1.807, 2.05) is 0 Å². The molecule has 6 heteroatoms. The molecule has 0 aliphatic carbocycles. The van der Waals surface area contributed by atoms with Crippen LogP contribution in [0.2, 0.25) is 5.02 Å². The van der Waals surface area contributed by atoms with Crippen LogP contribution in [-0.2, 0) is 0 Å². The van der Waals surface area contributed by atoms with Crippen LogP contribution >= 0.6 is 11.6 Å². The van der Waals surface area contributed by atoms with E-state index in [1.165, 1.54) is 18.2 Å². The highest BCUT2D eigenvalue weighted by Gasteiger charge is 2.08. The minimum Gasteiger partial charge on any atom is -0.506 e. The van der Waals surface area contributed by atoms with Gasteiger partial charge in [0.05, 0.1) is 5.29 Å². The van der Waals surface area contributed by atoms with Gasteiger partial charge in [0.1, 0.15) is 11.4 Å². The largest absolute Gasteiger partial charge is 0.506 e. The fourth-order valence-corrected chi connectivity index (χ4v) is 0.876. The van der Waals surface area contributed by atoms with Gasteiger partial charge in [0.2, 0.25) is 0 Å². The highest BCUT2D eigenvalue weighted by atomic mass is 35.5. The molecule has 64 valence electrons. The van der Waals surface area contributed by atoms with Crippen LogP contribution in [0.3, 0.4) is 0 Å². The van der Waals surface area contributed by atoms with E-state index in [9.17, 15) is 4.91 Å². The summed E-state index contributed by atoms with van der Waals surface area (Å²) in [5.74, 6) is -0.315. The van der Waals surface area contributed by atoms with Crippen molar-refractivity contribution in [2.75, 3.05) is 5.17 Å². The Morgan fingerprint density at radius 3 is 2.67 bits per heavy atom. The van der Waals surface area contributed by atoms with E-state index in [-0.39, 0.29) is 16.6 Å². The molecule has 0 fully saturated rings. The quantitative estimate of drug-likeness (QED) is 0.549. The predicted octanol–water partition coefficient (Wildman–Crippen LogP) is 1.92. The Labute approximate surface area is 72.7 Å². The summed E-state index contributed by atoms with van der Waals surface area (Å²) < 4.78 is 0. The van der Waals surface area contributed by atoms with E-state index in [0.29, 0.717) is 5.02 Å². The number of aromatic hydroxyl groups is 1. The summed E-state index contributed by atoms with van der Waals surface area (Å²) in [5, 5.41) is 20.4. The number of halogens is 1. The van der Waals surface area contributed by atoms with Crippen molar-refractivity contribution >= 4 is 17.3 Å². The maximum Gasteiger partial charge on any atom is 0.145 e. The van der Waals surface area contributed by atoms with Crippen LogP contribution in [0.15, 0.2) is 23.5 Å². The van der Waals surface area contributed by atoms with E-state index in [1.54, 1.807) is 0 Å². The normalized spacial score (nSPS) is 9.50. The van der Waals surface area contributed by atoms with Crippen LogP contribution in [0.1, 0.15) is 0 Å². The van der Waals surface area contributed by atoms with E-state index in [0.717, 1.165) is 0 Å². The second-order valence-electron chi connectivity index (χ2n) is 2.00. The molecule has 0 aliphatic heterocycles. The summed E-state index contributed by atoms with van der Waals surface area (Å²) in [4.78, 5) is 9.82. The molecular formula is C6H5ClN2O3. The molecule has 0 aromatic heterocycles. The summed E-state index contributed by atoms with van der Waals surface area (Å²) in [6.45, 7) is 0. The lowest BCUT2D eigenvalue weighted by molar-refractivity contribution is 0.254. The molecular weight excluding hydrogens is 184 g/mol. The van der Waals surface area contributed by atoms with Crippen molar-refractivity contribution in [2.24, 2.45) is 5.29 Å². The third-order valence-corrected chi connectivity index (χ3v) is 1.47. The molecule has 0 spiro atoms. The number of nitroso groups, excluding NO2 is 1. The van der Waals surface area contributed by atoms with Crippen molar-refractivity contribution in [1.82, 2.24) is 0 Å². The monoisotopic (exact) mass is 188 g/mol. The van der Waals surface area contributed by atoms with Gasteiger partial charge >= 0.3 is 0 Å². The summed E-state index contributed by atoms with van der Waals surface area (Å²) in [7, 11) is 0. The molecule has 0 heterocycles. The molecule has 1 aromatic rings. The molecule has 0 radical (unpaired) electrons. The second-order valence-corrected chi connectivity index (χ2v) is 2.44. The number of rotatable bonds is 2. The van der Waals surface area contributed by atoms with Crippen LogP contribution in [0.4, 0.5) is 5.69 Å². The molecule has 0 atom stereocenters. The van der Waals surface area contributed by atoms with Crippen LogP contribution in [-0.4, -0.2) is 10.3 Å². The molecule has 1 rings (SSSR count). The zero-order valence-corrected chi connectivity index (χ0v) is 6.56. The smallest absolute Gasteiger partial charge is 0.145 e. The Balaban J connectivity index is 3.09. The number of nitrogens with zero attached hydrogens (tertiary/aromatic N) is 2. The number of benzene rings is 1. The first kappa shape index (κ1) is 8.76. The molecule has 0 aliphatic rings. The lowest BCUT2D eigenvalue weighted by Gasteiger charge is -2.07. The third-order valence-electron chi connectivity index (χ3n) is 1.23. The second kappa shape index (κ2) is 3.38. The average Bonchev–Trinajstić information content (AvgIpc) is 2.03. The Morgan fingerprint density at radius 2 is 2.17 bits per heavy atom. The number of anilines is 1. The average molecular weight is 189 g/mol. The molecule has 0 saturated carbocycles. The number of hydrogen-bond acceptors (Lipinski definition) is 4. The van der Waals surface area contributed by atoms with Crippen LogP contribution < -0.4 is 5.17 Å². The van der Waals surface area contributed by atoms with Gasteiger partial charge in [-0.05, 0) is 12.1 Å². The lowest BCUT2D eigenvalue weighted by atomic mass is 10.3. The van der Waals surface area contributed by atoms with Crippen LogP contribution in [0.5, 0.6) is 5.75 Å². The molecule has 0 unspecified atom stereocenters. The summed E-state index contributed by atoms with van der Waals surface area (Å²) in [6, 6.07) is 3.86. The van der Waals surface area contributed by atoms with Crippen molar-refractivity contribution in [2.45, 2.75) is 0 Å². The fraction of sp³-hybridized carbons (Fsp3) is 0.